The summed E-state index contributed by atoms with van der Waals surface area (Å²) in [5.41, 5.74) is 2.49. The minimum absolute atomic E-state index is 0.0642. The number of fused-ring (bicyclic) bond motifs is 2. The van der Waals surface area contributed by atoms with Crippen molar-refractivity contribution in [2.24, 2.45) is 0 Å². The first-order valence-electron chi connectivity index (χ1n) is 10.4. The van der Waals surface area contributed by atoms with Crippen LogP contribution in [0.5, 0.6) is 5.75 Å². The maximum atomic E-state index is 12.6. The Morgan fingerprint density at radius 3 is 2.21 bits per heavy atom. The normalized spacial score (nSPS) is 14.6. The van der Waals surface area contributed by atoms with Crippen LogP contribution in [0.2, 0.25) is 0 Å². The van der Waals surface area contributed by atoms with Gasteiger partial charge in [0.2, 0.25) is 5.91 Å². The Labute approximate surface area is 189 Å². The van der Waals surface area contributed by atoms with Gasteiger partial charge in [-0.15, -0.1) is 0 Å². The fourth-order valence-electron chi connectivity index (χ4n) is 3.95. The van der Waals surface area contributed by atoms with Crippen LogP contribution in [0.1, 0.15) is 26.3 Å². The summed E-state index contributed by atoms with van der Waals surface area (Å²) in [6.07, 6.45) is 0. The molecule has 0 bridgehead atoms. The van der Waals surface area contributed by atoms with E-state index in [1.807, 2.05) is 30.3 Å². The van der Waals surface area contributed by atoms with Crippen LogP contribution in [-0.2, 0) is 16.1 Å². The fraction of sp³-hybridized carbons (Fsp3) is 0.120. The zero-order chi connectivity index (χ0) is 22.9. The molecule has 2 aliphatic heterocycles. The van der Waals surface area contributed by atoms with Gasteiger partial charge in [-0.1, -0.05) is 42.5 Å². The summed E-state index contributed by atoms with van der Waals surface area (Å²) >= 11 is 0. The Morgan fingerprint density at radius 2 is 1.52 bits per heavy atom. The van der Waals surface area contributed by atoms with E-state index in [9.17, 15) is 19.2 Å². The van der Waals surface area contributed by atoms with Crippen LogP contribution in [-0.4, -0.2) is 41.7 Å². The van der Waals surface area contributed by atoms with Gasteiger partial charge in [0, 0.05) is 5.69 Å². The molecule has 0 spiro atoms. The number of hydrogen-bond donors (Lipinski definition) is 1. The number of rotatable bonds is 5. The topological polar surface area (TPSA) is 96.0 Å². The van der Waals surface area contributed by atoms with Crippen molar-refractivity contribution >= 4 is 35.0 Å². The van der Waals surface area contributed by atoms with E-state index in [2.05, 4.69) is 5.32 Å². The molecule has 33 heavy (non-hydrogen) atoms. The highest BCUT2D eigenvalue weighted by molar-refractivity contribution is 6.22. The highest BCUT2D eigenvalue weighted by Gasteiger charge is 2.36. The second-order valence-corrected chi connectivity index (χ2v) is 7.73. The number of ether oxygens (including phenoxy) is 1. The first-order chi connectivity index (χ1) is 16.0. The summed E-state index contributed by atoms with van der Waals surface area (Å²) in [4.78, 5) is 52.7. The quantitative estimate of drug-likeness (QED) is 0.615. The predicted octanol–water partition coefficient (Wildman–Crippen LogP) is 2.85. The summed E-state index contributed by atoms with van der Waals surface area (Å²) in [6.45, 7) is -0.111. The van der Waals surface area contributed by atoms with Crippen molar-refractivity contribution in [3.8, 4) is 5.75 Å². The van der Waals surface area contributed by atoms with Gasteiger partial charge in [0.1, 0.15) is 12.3 Å². The molecule has 0 fully saturated rings. The number of hydrogen-bond acceptors (Lipinski definition) is 5. The van der Waals surface area contributed by atoms with Crippen molar-refractivity contribution in [1.82, 2.24) is 4.90 Å². The molecule has 0 unspecified atom stereocenters. The maximum Gasteiger partial charge on any atom is 0.265 e. The molecular weight excluding hydrogens is 422 g/mol. The smallest absolute Gasteiger partial charge is 0.265 e. The summed E-state index contributed by atoms with van der Waals surface area (Å²) in [6, 6.07) is 21.0. The molecule has 1 N–H and O–H groups in total. The molecule has 5 rings (SSSR count). The number of nitrogens with one attached hydrogen (secondary N) is 1. The maximum absolute atomic E-state index is 12.6. The largest absolute Gasteiger partial charge is 0.482 e. The summed E-state index contributed by atoms with van der Waals surface area (Å²) in [5, 5.41) is 2.71. The molecule has 0 aromatic heterocycles. The number of nitrogens with zero attached hydrogens (tertiary/aromatic N) is 2. The zero-order valence-electron chi connectivity index (χ0n) is 17.5. The first kappa shape index (κ1) is 20.4. The molecule has 8 nitrogen and oxygen atoms in total. The molecule has 2 heterocycles. The van der Waals surface area contributed by atoms with E-state index in [0.29, 0.717) is 23.7 Å². The van der Waals surface area contributed by atoms with Crippen molar-refractivity contribution in [1.29, 1.82) is 0 Å². The molecular formula is C25H19N3O5. The number of carbonyl (C=O) groups is 4. The molecule has 0 saturated carbocycles. The van der Waals surface area contributed by atoms with Crippen LogP contribution in [0.4, 0.5) is 11.4 Å². The molecule has 0 atom stereocenters. The lowest BCUT2D eigenvalue weighted by molar-refractivity contribution is -0.121. The fourth-order valence-corrected chi connectivity index (χ4v) is 3.95. The number of imide groups is 1. The van der Waals surface area contributed by atoms with Crippen molar-refractivity contribution in [3.63, 3.8) is 0 Å². The van der Waals surface area contributed by atoms with Crippen LogP contribution in [0.3, 0.4) is 0 Å². The third kappa shape index (κ3) is 3.82. The van der Waals surface area contributed by atoms with E-state index in [0.717, 1.165) is 10.5 Å². The van der Waals surface area contributed by atoms with Gasteiger partial charge in [-0.3, -0.25) is 24.1 Å². The van der Waals surface area contributed by atoms with E-state index in [1.54, 1.807) is 47.4 Å². The van der Waals surface area contributed by atoms with Crippen molar-refractivity contribution in [3.05, 3.63) is 89.5 Å². The van der Waals surface area contributed by atoms with Crippen molar-refractivity contribution < 1.29 is 23.9 Å². The molecule has 0 radical (unpaired) electrons. The van der Waals surface area contributed by atoms with Gasteiger partial charge < -0.3 is 15.0 Å². The number of carbonyl (C=O) groups excluding carboxylic acids is 4. The highest BCUT2D eigenvalue weighted by Crippen LogP contribution is 2.35. The third-order valence-electron chi connectivity index (χ3n) is 5.55. The summed E-state index contributed by atoms with van der Waals surface area (Å²) < 4.78 is 5.53. The van der Waals surface area contributed by atoms with Crippen LogP contribution >= 0.6 is 0 Å². The SMILES string of the molecule is O=C(CN1C(=O)c2ccccc2C1=O)Nc1ccc2c(c1)N(Cc1ccccc1)C(=O)CO2. The lowest BCUT2D eigenvalue weighted by Gasteiger charge is -2.30. The van der Waals surface area contributed by atoms with E-state index in [-0.39, 0.29) is 23.6 Å². The predicted molar refractivity (Wildman–Crippen MR) is 120 cm³/mol. The average Bonchev–Trinajstić information content (AvgIpc) is 3.07. The number of anilines is 2. The van der Waals surface area contributed by atoms with E-state index >= 15 is 0 Å². The first-order valence-corrected chi connectivity index (χ1v) is 10.4. The number of amides is 4. The average molecular weight is 441 g/mol. The zero-order valence-corrected chi connectivity index (χ0v) is 17.5. The highest BCUT2D eigenvalue weighted by atomic mass is 16.5. The van der Waals surface area contributed by atoms with Gasteiger partial charge in [-0.05, 0) is 35.9 Å². The van der Waals surface area contributed by atoms with Gasteiger partial charge in [-0.2, -0.15) is 0 Å². The lowest BCUT2D eigenvalue weighted by Crippen LogP contribution is -2.38. The number of benzene rings is 3. The van der Waals surface area contributed by atoms with Gasteiger partial charge >= 0.3 is 0 Å². The molecule has 8 heteroatoms. The van der Waals surface area contributed by atoms with Crippen LogP contribution in [0.15, 0.2) is 72.8 Å². The summed E-state index contributed by atoms with van der Waals surface area (Å²) in [7, 11) is 0. The molecule has 0 saturated heterocycles. The van der Waals surface area contributed by atoms with Gasteiger partial charge in [-0.25, -0.2) is 0 Å². The van der Waals surface area contributed by atoms with Gasteiger partial charge in [0.25, 0.3) is 17.7 Å². The van der Waals surface area contributed by atoms with Crippen molar-refractivity contribution in [2.45, 2.75) is 6.54 Å². The van der Waals surface area contributed by atoms with Crippen LogP contribution in [0, 0.1) is 0 Å². The van der Waals surface area contributed by atoms with Crippen molar-refractivity contribution in [2.75, 3.05) is 23.4 Å². The Morgan fingerprint density at radius 1 is 0.848 bits per heavy atom. The molecule has 3 aromatic carbocycles. The monoisotopic (exact) mass is 441 g/mol. The van der Waals surface area contributed by atoms with E-state index in [1.165, 1.54) is 0 Å². The standard InChI is InChI=1S/C25H19N3O5/c29-22(14-28-24(31)18-8-4-5-9-19(18)25(28)32)26-17-10-11-21-20(12-17)27(23(30)15-33-21)13-16-6-2-1-3-7-16/h1-12H,13-15H2,(H,26,29). The van der Waals surface area contributed by atoms with E-state index < -0.39 is 24.3 Å². The Hall–Kier alpha value is -4.46. The second kappa shape index (κ2) is 8.23. The van der Waals surface area contributed by atoms with Gasteiger partial charge in [0.05, 0.1) is 23.4 Å². The second-order valence-electron chi connectivity index (χ2n) is 7.73. The summed E-state index contributed by atoms with van der Waals surface area (Å²) in [5.74, 6) is -1.18. The Bertz CT molecular complexity index is 1250. The third-order valence-corrected chi connectivity index (χ3v) is 5.55. The molecule has 3 aromatic rings. The van der Waals surface area contributed by atoms with Crippen LogP contribution < -0.4 is 15.0 Å². The lowest BCUT2D eigenvalue weighted by atomic mass is 10.1. The van der Waals surface area contributed by atoms with Crippen LogP contribution in [0.25, 0.3) is 0 Å². The molecule has 0 aliphatic carbocycles. The molecule has 2 aliphatic rings. The minimum atomic E-state index is -0.526. The van der Waals surface area contributed by atoms with E-state index in [4.69, 9.17) is 4.74 Å². The van der Waals surface area contributed by atoms with Gasteiger partial charge in [0.15, 0.2) is 6.61 Å². The Balaban J connectivity index is 1.33. The molecule has 4 amide bonds. The minimum Gasteiger partial charge on any atom is -0.482 e. The molecule has 164 valence electrons. The Kier molecular flexibility index (Phi) is 5.10.